The molecule has 0 atom stereocenters. The summed E-state index contributed by atoms with van der Waals surface area (Å²) in [6, 6.07) is 2.76. The van der Waals surface area contributed by atoms with Crippen molar-refractivity contribution < 1.29 is 19.4 Å². The highest BCUT2D eigenvalue weighted by atomic mass is 16.5. The zero-order chi connectivity index (χ0) is 13.8. The molecule has 0 unspecified atom stereocenters. The molecule has 0 saturated heterocycles. The lowest BCUT2D eigenvalue weighted by atomic mass is 9.92. The topological polar surface area (TPSA) is 76.5 Å². The molecule has 0 aliphatic carbocycles. The van der Waals surface area contributed by atoms with Gasteiger partial charge in [0.05, 0.1) is 6.61 Å². The number of aldehydes is 1. The second-order valence-electron chi connectivity index (χ2n) is 4.84. The Hall–Kier alpha value is -1.91. The van der Waals surface area contributed by atoms with E-state index in [1.54, 1.807) is 0 Å². The van der Waals surface area contributed by atoms with Gasteiger partial charge in [-0.2, -0.15) is 0 Å². The molecule has 0 aliphatic rings. The number of hydrogen-bond acceptors (Lipinski definition) is 4. The van der Waals surface area contributed by atoms with Crippen molar-refractivity contribution >= 4 is 12.3 Å². The molecule has 5 heteroatoms. The highest BCUT2D eigenvalue weighted by Crippen LogP contribution is 2.22. The third-order valence-electron chi connectivity index (χ3n) is 2.75. The lowest BCUT2D eigenvalue weighted by molar-refractivity contribution is 0.0689. The molecule has 0 aromatic carbocycles. The second-order valence-corrected chi connectivity index (χ2v) is 4.84. The van der Waals surface area contributed by atoms with Crippen LogP contribution in [0.5, 0.6) is 5.75 Å². The Morgan fingerprint density at radius 2 is 2.17 bits per heavy atom. The molecule has 1 aromatic heterocycles. The molecular weight excluding hydrogens is 234 g/mol. The monoisotopic (exact) mass is 251 g/mol. The summed E-state index contributed by atoms with van der Waals surface area (Å²) in [6.45, 7) is 6.60. The van der Waals surface area contributed by atoms with E-state index in [0.29, 0.717) is 18.6 Å². The lowest BCUT2D eigenvalue weighted by Crippen LogP contribution is -2.20. The molecular formula is C13H17NO4. The maximum Gasteiger partial charge on any atom is 0.354 e. The van der Waals surface area contributed by atoms with Crippen LogP contribution in [0.25, 0.3) is 0 Å². The van der Waals surface area contributed by atoms with Gasteiger partial charge in [0, 0.05) is 12.1 Å². The van der Waals surface area contributed by atoms with Crippen LogP contribution in [0.1, 0.15) is 48.2 Å². The maximum absolute atomic E-state index is 10.8. The number of rotatable bonds is 6. The van der Waals surface area contributed by atoms with Crippen LogP contribution in [0.15, 0.2) is 12.1 Å². The molecule has 1 rings (SSSR count). The van der Waals surface area contributed by atoms with Crippen molar-refractivity contribution in [3.63, 3.8) is 0 Å². The zero-order valence-electron chi connectivity index (χ0n) is 10.8. The Kier molecular flexibility index (Phi) is 4.42. The smallest absolute Gasteiger partial charge is 0.354 e. The molecule has 98 valence electrons. The van der Waals surface area contributed by atoms with Crippen LogP contribution >= 0.6 is 0 Å². The molecule has 0 fully saturated rings. The Balaban J connectivity index is 2.92. The van der Waals surface area contributed by atoms with E-state index in [1.807, 2.05) is 13.8 Å². The van der Waals surface area contributed by atoms with Gasteiger partial charge in [0.1, 0.15) is 11.4 Å². The van der Waals surface area contributed by atoms with Crippen molar-refractivity contribution in [2.75, 3.05) is 6.61 Å². The van der Waals surface area contributed by atoms with Gasteiger partial charge >= 0.3 is 5.97 Å². The molecule has 0 amide bonds. The molecule has 0 spiro atoms. The molecule has 0 radical (unpaired) electrons. The highest BCUT2D eigenvalue weighted by molar-refractivity contribution is 5.87. The number of pyridine rings is 1. The summed E-state index contributed by atoms with van der Waals surface area (Å²) in [5.74, 6) is -0.829. The summed E-state index contributed by atoms with van der Waals surface area (Å²) < 4.78 is 5.53. The average molecular weight is 251 g/mol. The minimum Gasteiger partial charge on any atom is -0.493 e. The van der Waals surface area contributed by atoms with E-state index in [1.165, 1.54) is 12.1 Å². The number of ether oxygens (including phenoxy) is 1. The summed E-state index contributed by atoms with van der Waals surface area (Å²) in [5, 5.41) is 8.87. The summed E-state index contributed by atoms with van der Waals surface area (Å²) in [7, 11) is 0. The van der Waals surface area contributed by atoms with E-state index in [0.717, 1.165) is 6.42 Å². The number of carboxylic acids is 1. The first-order chi connectivity index (χ1) is 8.38. The quantitative estimate of drug-likeness (QED) is 0.785. The summed E-state index contributed by atoms with van der Waals surface area (Å²) in [4.78, 5) is 25.2. The molecule has 5 nitrogen and oxygen atoms in total. The fraction of sp³-hybridized carbons (Fsp3) is 0.462. The van der Waals surface area contributed by atoms with Crippen LogP contribution in [0, 0.1) is 5.41 Å². The summed E-state index contributed by atoms with van der Waals surface area (Å²) in [6.07, 6.45) is 1.44. The second kappa shape index (κ2) is 5.62. The van der Waals surface area contributed by atoms with Crippen molar-refractivity contribution in [2.45, 2.75) is 27.2 Å². The van der Waals surface area contributed by atoms with Crippen LogP contribution in [-0.4, -0.2) is 29.0 Å². The predicted octanol–water partition coefficient (Wildman–Crippen LogP) is 2.41. The van der Waals surface area contributed by atoms with Crippen molar-refractivity contribution in [2.24, 2.45) is 5.41 Å². The van der Waals surface area contributed by atoms with Crippen molar-refractivity contribution in [3.05, 3.63) is 23.5 Å². The Morgan fingerprint density at radius 1 is 1.50 bits per heavy atom. The van der Waals surface area contributed by atoms with Gasteiger partial charge in [-0.05, 0) is 11.8 Å². The number of hydrogen-bond donors (Lipinski definition) is 1. The van der Waals surface area contributed by atoms with Crippen LogP contribution in [0.4, 0.5) is 0 Å². The van der Waals surface area contributed by atoms with Gasteiger partial charge in [0.2, 0.25) is 0 Å². The van der Waals surface area contributed by atoms with Crippen molar-refractivity contribution in [1.82, 2.24) is 4.98 Å². The molecule has 1 heterocycles. The Labute approximate surface area is 106 Å². The van der Waals surface area contributed by atoms with Gasteiger partial charge < -0.3 is 9.84 Å². The minimum atomic E-state index is -1.18. The van der Waals surface area contributed by atoms with Gasteiger partial charge in [-0.25, -0.2) is 9.78 Å². The molecule has 1 aromatic rings. The van der Waals surface area contributed by atoms with Crippen LogP contribution in [-0.2, 0) is 0 Å². The first kappa shape index (κ1) is 14.2. The largest absolute Gasteiger partial charge is 0.493 e. The first-order valence-corrected chi connectivity index (χ1v) is 5.71. The predicted molar refractivity (Wildman–Crippen MR) is 66.2 cm³/mol. The number of aromatic nitrogens is 1. The first-order valence-electron chi connectivity index (χ1n) is 5.71. The molecule has 18 heavy (non-hydrogen) atoms. The number of aromatic carboxylic acids is 1. The summed E-state index contributed by atoms with van der Waals surface area (Å²) in [5.41, 5.74) is -0.142. The minimum absolute atomic E-state index is 0.00595. The fourth-order valence-electron chi connectivity index (χ4n) is 1.16. The molecule has 0 saturated carbocycles. The third kappa shape index (κ3) is 3.84. The highest BCUT2D eigenvalue weighted by Gasteiger charge is 2.17. The van der Waals surface area contributed by atoms with Gasteiger partial charge in [0.25, 0.3) is 0 Å². The van der Waals surface area contributed by atoms with E-state index in [9.17, 15) is 9.59 Å². The standard InChI is InChI=1S/C13H17NO4/c1-4-13(2,3)8-18-10-5-9(7-15)14-11(6-10)12(16)17/h5-7H,4,8H2,1-3H3,(H,16,17). The Morgan fingerprint density at radius 3 is 2.67 bits per heavy atom. The van der Waals surface area contributed by atoms with Crippen LogP contribution < -0.4 is 4.74 Å². The number of carboxylic acid groups (broad SMARTS) is 1. The molecule has 0 aliphatic heterocycles. The Bertz CT molecular complexity index is 454. The number of nitrogens with zero attached hydrogens (tertiary/aromatic N) is 1. The van der Waals surface area contributed by atoms with E-state index < -0.39 is 5.97 Å². The number of carbonyl (C=O) groups excluding carboxylic acids is 1. The lowest BCUT2D eigenvalue weighted by Gasteiger charge is -2.22. The maximum atomic E-state index is 10.8. The normalized spacial score (nSPS) is 11.1. The summed E-state index contributed by atoms with van der Waals surface area (Å²) >= 11 is 0. The van der Waals surface area contributed by atoms with Gasteiger partial charge in [0.15, 0.2) is 12.0 Å². The number of carbonyl (C=O) groups is 2. The van der Waals surface area contributed by atoms with Crippen LogP contribution in [0.2, 0.25) is 0 Å². The molecule has 0 bridgehead atoms. The average Bonchev–Trinajstić information content (AvgIpc) is 2.36. The van der Waals surface area contributed by atoms with E-state index >= 15 is 0 Å². The van der Waals surface area contributed by atoms with Crippen molar-refractivity contribution in [1.29, 1.82) is 0 Å². The van der Waals surface area contributed by atoms with E-state index in [4.69, 9.17) is 9.84 Å². The third-order valence-corrected chi connectivity index (χ3v) is 2.75. The SMILES string of the molecule is CCC(C)(C)COc1cc(C=O)nc(C(=O)O)c1. The fourth-order valence-corrected chi connectivity index (χ4v) is 1.16. The zero-order valence-corrected chi connectivity index (χ0v) is 10.8. The van der Waals surface area contributed by atoms with Gasteiger partial charge in [-0.3, -0.25) is 4.79 Å². The van der Waals surface area contributed by atoms with E-state index in [-0.39, 0.29) is 16.8 Å². The van der Waals surface area contributed by atoms with E-state index in [2.05, 4.69) is 11.9 Å². The van der Waals surface area contributed by atoms with Crippen LogP contribution in [0.3, 0.4) is 0 Å². The van der Waals surface area contributed by atoms with Crippen molar-refractivity contribution in [3.8, 4) is 5.75 Å². The van der Waals surface area contributed by atoms with Gasteiger partial charge in [-0.15, -0.1) is 0 Å². The van der Waals surface area contributed by atoms with Gasteiger partial charge in [-0.1, -0.05) is 20.8 Å². The molecule has 1 N–H and O–H groups in total.